The first-order valence-corrected chi connectivity index (χ1v) is 7.97. The van der Waals surface area contributed by atoms with E-state index in [1.807, 2.05) is 0 Å². The highest BCUT2D eigenvalue weighted by Crippen LogP contribution is 2.34. The minimum atomic E-state index is -0.892. The number of carbonyl (C=O) groups excluding carboxylic acids is 3. The van der Waals surface area contributed by atoms with E-state index in [1.165, 1.54) is 18.2 Å². The largest absolute Gasteiger partial charge is 0.466 e. The van der Waals surface area contributed by atoms with Crippen LogP contribution in [-0.2, 0) is 9.59 Å². The first-order valence-electron chi connectivity index (χ1n) is 7.22. The fourth-order valence-electron chi connectivity index (χ4n) is 2.49. The summed E-state index contributed by atoms with van der Waals surface area (Å²) in [7, 11) is 0. The lowest BCUT2D eigenvalue weighted by Crippen LogP contribution is -2.54. The second kappa shape index (κ2) is 6.38. The first-order chi connectivity index (χ1) is 11.8. The highest BCUT2D eigenvalue weighted by molar-refractivity contribution is 6.46. The van der Waals surface area contributed by atoms with Gasteiger partial charge in [0.2, 0.25) is 0 Å². The molecule has 3 rings (SSSR count). The SMILES string of the molecule is Cc1cc(/C=C2\C(=O)NC(=O)N(c3cccc(Cl)c3Cl)C2=O)c(C)o1. The second-order valence-corrected chi connectivity index (χ2v) is 6.18. The molecule has 1 saturated heterocycles. The molecular formula is C17H12Cl2N2O4. The lowest BCUT2D eigenvalue weighted by atomic mass is 10.1. The molecule has 128 valence electrons. The Morgan fingerprint density at radius 2 is 1.88 bits per heavy atom. The van der Waals surface area contributed by atoms with Crippen LogP contribution in [0.3, 0.4) is 0 Å². The van der Waals surface area contributed by atoms with Crippen molar-refractivity contribution >= 4 is 52.8 Å². The fraction of sp³-hybridized carbons (Fsp3) is 0.118. The van der Waals surface area contributed by atoms with Crippen molar-refractivity contribution < 1.29 is 18.8 Å². The van der Waals surface area contributed by atoms with Crippen molar-refractivity contribution in [2.24, 2.45) is 0 Å². The molecular weight excluding hydrogens is 367 g/mol. The van der Waals surface area contributed by atoms with Crippen molar-refractivity contribution in [3.05, 3.63) is 57.0 Å². The van der Waals surface area contributed by atoms with Gasteiger partial charge in [-0.15, -0.1) is 0 Å². The summed E-state index contributed by atoms with van der Waals surface area (Å²) in [6.07, 6.45) is 1.38. The highest BCUT2D eigenvalue weighted by Gasteiger charge is 2.38. The summed E-state index contributed by atoms with van der Waals surface area (Å²) in [5.74, 6) is -0.396. The number of imide groups is 2. The summed E-state index contributed by atoms with van der Waals surface area (Å²) < 4.78 is 5.39. The Balaban J connectivity index is 2.09. The van der Waals surface area contributed by atoms with E-state index in [9.17, 15) is 14.4 Å². The first kappa shape index (κ1) is 17.3. The second-order valence-electron chi connectivity index (χ2n) is 5.40. The number of amides is 4. The van der Waals surface area contributed by atoms with Crippen LogP contribution in [-0.4, -0.2) is 17.8 Å². The highest BCUT2D eigenvalue weighted by atomic mass is 35.5. The maximum atomic E-state index is 12.8. The molecule has 25 heavy (non-hydrogen) atoms. The van der Waals surface area contributed by atoms with E-state index in [0.717, 1.165) is 4.90 Å². The standard InChI is InChI=1S/C17H12Cl2N2O4/c1-8-6-10(9(2)25-8)7-11-15(22)20-17(24)21(16(11)23)13-5-3-4-12(18)14(13)19/h3-7H,1-2H3,(H,20,22,24)/b11-7+. The summed E-state index contributed by atoms with van der Waals surface area (Å²) in [5, 5.41) is 2.35. The van der Waals surface area contributed by atoms with Crippen LogP contribution in [0, 0.1) is 13.8 Å². The minimum absolute atomic E-state index is 0.0386. The number of urea groups is 1. The van der Waals surface area contributed by atoms with Crippen LogP contribution in [0.2, 0.25) is 10.0 Å². The number of hydrogen-bond acceptors (Lipinski definition) is 4. The van der Waals surface area contributed by atoms with E-state index in [4.69, 9.17) is 27.6 Å². The summed E-state index contributed by atoms with van der Waals surface area (Å²) in [6, 6.07) is 5.34. The smallest absolute Gasteiger partial charge is 0.336 e. The Labute approximate surface area is 153 Å². The lowest BCUT2D eigenvalue weighted by Gasteiger charge is -2.27. The van der Waals surface area contributed by atoms with Crippen LogP contribution in [0.15, 0.2) is 34.3 Å². The molecule has 0 radical (unpaired) electrons. The molecule has 0 aliphatic carbocycles. The Hall–Kier alpha value is -2.57. The fourth-order valence-corrected chi connectivity index (χ4v) is 2.87. The van der Waals surface area contributed by atoms with Gasteiger partial charge in [0.05, 0.1) is 15.7 Å². The molecule has 2 aromatic rings. The van der Waals surface area contributed by atoms with E-state index in [1.54, 1.807) is 26.0 Å². The molecule has 8 heteroatoms. The van der Waals surface area contributed by atoms with Crippen molar-refractivity contribution in [1.29, 1.82) is 0 Å². The summed E-state index contributed by atoms with van der Waals surface area (Å²) >= 11 is 12.1. The monoisotopic (exact) mass is 378 g/mol. The maximum Gasteiger partial charge on any atom is 0.336 e. The number of aryl methyl sites for hydroxylation is 2. The van der Waals surface area contributed by atoms with E-state index in [-0.39, 0.29) is 21.3 Å². The van der Waals surface area contributed by atoms with Crippen LogP contribution in [0.25, 0.3) is 6.08 Å². The van der Waals surface area contributed by atoms with Gasteiger partial charge in [0.15, 0.2) is 0 Å². The zero-order valence-electron chi connectivity index (χ0n) is 13.2. The summed E-state index contributed by atoms with van der Waals surface area (Å²) in [5.41, 5.74) is 0.456. The summed E-state index contributed by atoms with van der Waals surface area (Å²) in [6.45, 7) is 3.46. The third-order valence-electron chi connectivity index (χ3n) is 3.65. The van der Waals surface area contributed by atoms with Crippen molar-refractivity contribution in [3.63, 3.8) is 0 Å². The van der Waals surface area contributed by atoms with Gasteiger partial charge in [-0.25, -0.2) is 9.69 Å². The van der Waals surface area contributed by atoms with E-state index < -0.39 is 17.8 Å². The minimum Gasteiger partial charge on any atom is -0.466 e. The molecule has 0 atom stereocenters. The number of halogens is 2. The molecule has 1 aromatic heterocycles. The van der Waals surface area contributed by atoms with Gasteiger partial charge in [-0.3, -0.25) is 14.9 Å². The van der Waals surface area contributed by atoms with E-state index >= 15 is 0 Å². The molecule has 1 N–H and O–H groups in total. The number of benzene rings is 1. The molecule has 1 aliphatic heterocycles. The van der Waals surface area contributed by atoms with Crippen molar-refractivity contribution in [2.45, 2.75) is 13.8 Å². The number of rotatable bonds is 2. The van der Waals surface area contributed by atoms with Gasteiger partial charge in [-0.1, -0.05) is 29.3 Å². The van der Waals surface area contributed by atoms with Gasteiger partial charge in [-0.2, -0.15) is 0 Å². The van der Waals surface area contributed by atoms with Crippen molar-refractivity contribution in [1.82, 2.24) is 5.32 Å². The molecule has 6 nitrogen and oxygen atoms in total. The van der Waals surface area contributed by atoms with Gasteiger partial charge in [0.1, 0.15) is 17.1 Å². The van der Waals surface area contributed by atoms with Crippen LogP contribution in [0.5, 0.6) is 0 Å². The average Bonchev–Trinajstić information content (AvgIpc) is 2.85. The lowest BCUT2D eigenvalue weighted by molar-refractivity contribution is -0.122. The molecule has 0 bridgehead atoms. The zero-order chi connectivity index (χ0) is 18.3. The van der Waals surface area contributed by atoms with Gasteiger partial charge >= 0.3 is 6.03 Å². The van der Waals surface area contributed by atoms with E-state index in [2.05, 4.69) is 5.32 Å². The van der Waals surface area contributed by atoms with Gasteiger partial charge < -0.3 is 4.42 Å². The molecule has 1 aromatic carbocycles. The molecule has 1 fully saturated rings. The molecule has 4 amide bonds. The number of nitrogens with zero attached hydrogens (tertiary/aromatic N) is 1. The van der Waals surface area contributed by atoms with Crippen molar-refractivity contribution in [2.75, 3.05) is 4.90 Å². The third-order valence-corrected chi connectivity index (χ3v) is 4.46. The molecule has 0 unspecified atom stereocenters. The predicted octanol–water partition coefficient (Wildman–Crippen LogP) is 3.87. The molecule has 0 spiro atoms. The van der Waals surface area contributed by atoms with Gasteiger partial charge in [0.25, 0.3) is 11.8 Å². The number of nitrogens with one attached hydrogen (secondary N) is 1. The Morgan fingerprint density at radius 3 is 2.52 bits per heavy atom. The number of barbiturate groups is 1. The Morgan fingerprint density at radius 1 is 1.16 bits per heavy atom. The molecule has 2 heterocycles. The van der Waals surface area contributed by atoms with Crippen LogP contribution < -0.4 is 10.2 Å². The number of hydrogen-bond donors (Lipinski definition) is 1. The van der Waals surface area contributed by atoms with Crippen LogP contribution in [0.4, 0.5) is 10.5 Å². The van der Waals surface area contributed by atoms with Crippen LogP contribution >= 0.6 is 23.2 Å². The van der Waals surface area contributed by atoms with Crippen LogP contribution in [0.1, 0.15) is 17.1 Å². The number of furan rings is 1. The quantitative estimate of drug-likeness (QED) is 0.635. The normalized spacial score (nSPS) is 16.6. The van der Waals surface area contributed by atoms with Gasteiger partial charge in [0, 0.05) is 5.56 Å². The maximum absolute atomic E-state index is 12.8. The topological polar surface area (TPSA) is 79.6 Å². The Kier molecular flexibility index (Phi) is 4.41. The van der Waals surface area contributed by atoms with Crippen molar-refractivity contribution in [3.8, 4) is 0 Å². The number of anilines is 1. The third kappa shape index (κ3) is 3.06. The molecule has 1 aliphatic rings. The number of carbonyl (C=O) groups is 3. The Bertz CT molecular complexity index is 946. The van der Waals surface area contributed by atoms with E-state index in [0.29, 0.717) is 17.1 Å². The predicted molar refractivity (Wildman–Crippen MR) is 93.6 cm³/mol. The molecule has 0 saturated carbocycles. The summed E-state index contributed by atoms with van der Waals surface area (Å²) in [4.78, 5) is 37.9. The zero-order valence-corrected chi connectivity index (χ0v) is 14.7. The average molecular weight is 379 g/mol. The van der Waals surface area contributed by atoms with Gasteiger partial charge in [-0.05, 0) is 38.1 Å².